The van der Waals surface area contributed by atoms with Gasteiger partial charge in [-0.3, -0.25) is 10.2 Å². The third-order valence-electron chi connectivity index (χ3n) is 3.16. The van der Waals surface area contributed by atoms with Crippen LogP contribution in [-0.4, -0.2) is 21.7 Å². The van der Waals surface area contributed by atoms with Crippen LogP contribution in [0.4, 0.5) is 0 Å². The molecular weight excluding hydrogens is 318 g/mol. The number of allylic oxidation sites excluding steroid dienone is 1. The molecule has 1 aliphatic rings. The van der Waals surface area contributed by atoms with Crippen LogP contribution in [0.2, 0.25) is 0 Å². The minimum atomic E-state index is -0.273. The zero-order chi connectivity index (χ0) is 15.7. The highest BCUT2D eigenvalue weighted by Gasteiger charge is 2.33. The number of hydrogen-bond acceptors (Lipinski definition) is 5. The number of carbonyl (C=O) groups excluding carboxylic acids is 1. The van der Waals surface area contributed by atoms with Gasteiger partial charge in [0.1, 0.15) is 11.5 Å². The lowest BCUT2D eigenvalue weighted by Gasteiger charge is -2.06. The molecule has 0 radical (unpaired) electrons. The van der Waals surface area contributed by atoms with Gasteiger partial charge in [-0.05, 0) is 23.7 Å². The number of ketones is 1. The maximum atomic E-state index is 12.6. The number of hydrogen-bond donors (Lipinski definition) is 3. The SMILES string of the molecule is NC(=S)N/N=C(/C1=C(O)c2ccccc2C1=O)c1cccs1. The van der Waals surface area contributed by atoms with E-state index in [4.69, 9.17) is 18.0 Å². The van der Waals surface area contributed by atoms with Crippen molar-refractivity contribution in [2.45, 2.75) is 0 Å². The molecule has 0 bridgehead atoms. The molecule has 1 aromatic carbocycles. The molecule has 7 heteroatoms. The van der Waals surface area contributed by atoms with E-state index in [2.05, 4.69) is 10.5 Å². The highest BCUT2D eigenvalue weighted by atomic mass is 32.1. The molecule has 1 aromatic heterocycles. The normalized spacial score (nSPS) is 14.2. The Labute approximate surface area is 135 Å². The van der Waals surface area contributed by atoms with Crippen molar-refractivity contribution in [1.29, 1.82) is 0 Å². The predicted octanol–water partition coefficient (Wildman–Crippen LogP) is 2.45. The van der Waals surface area contributed by atoms with Crippen LogP contribution in [0.5, 0.6) is 0 Å². The number of aliphatic hydroxyl groups is 1. The lowest BCUT2D eigenvalue weighted by atomic mass is 10.0. The van der Waals surface area contributed by atoms with Crippen LogP contribution in [0.1, 0.15) is 20.8 Å². The molecule has 110 valence electrons. The minimum Gasteiger partial charge on any atom is -0.506 e. The van der Waals surface area contributed by atoms with Gasteiger partial charge in [-0.25, -0.2) is 0 Å². The van der Waals surface area contributed by atoms with E-state index in [1.165, 1.54) is 11.3 Å². The van der Waals surface area contributed by atoms with Gasteiger partial charge in [0.2, 0.25) is 0 Å². The van der Waals surface area contributed by atoms with E-state index in [0.717, 1.165) is 4.88 Å². The van der Waals surface area contributed by atoms with E-state index < -0.39 is 0 Å². The first-order valence-corrected chi connectivity index (χ1v) is 7.63. The van der Waals surface area contributed by atoms with Gasteiger partial charge in [0, 0.05) is 11.1 Å². The first-order valence-electron chi connectivity index (χ1n) is 6.34. The van der Waals surface area contributed by atoms with Crippen LogP contribution >= 0.6 is 23.6 Å². The summed E-state index contributed by atoms with van der Waals surface area (Å²) in [5.74, 6) is -0.359. The number of nitrogens with zero attached hydrogens (tertiary/aromatic N) is 1. The Morgan fingerprint density at radius 2 is 1.95 bits per heavy atom. The van der Waals surface area contributed by atoms with Crippen LogP contribution in [0, 0.1) is 0 Å². The molecule has 3 rings (SSSR count). The van der Waals surface area contributed by atoms with Gasteiger partial charge in [0.15, 0.2) is 10.9 Å². The summed E-state index contributed by atoms with van der Waals surface area (Å²) in [5.41, 5.74) is 9.31. The van der Waals surface area contributed by atoms with Crippen molar-refractivity contribution >= 4 is 45.9 Å². The molecule has 0 atom stereocenters. The summed E-state index contributed by atoms with van der Waals surface area (Å²) < 4.78 is 0. The van der Waals surface area contributed by atoms with Gasteiger partial charge in [-0.1, -0.05) is 30.3 Å². The smallest absolute Gasteiger partial charge is 0.199 e. The average molecular weight is 329 g/mol. The fourth-order valence-electron chi connectivity index (χ4n) is 2.24. The van der Waals surface area contributed by atoms with Gasteiger partial charge in [-0.15, -0.1) is 11.3 Å². The van der Waals surface area contributed by atoms with Gasteiger partial charge >= 0.3 is 0 Å². The van der Waals surface area contributed by atoms with E-state index >= 15 is 0 Å². The summed E-state index contributed by atoms with van der Waals surface area (Å²) in [6.07, 6.45) is 0. The molecule has 2 aromatic rings. The van der Waals surface area contributed by atoms with Crippen molar-refractivity contribution in [3.8, 4) is 0 Å². The van der Waals surface area contributed by atoms with Crippen molar-refractivity contribution in [3.63, 3.8) is 0 Å². The quantitative estimate of drug-likeness (QED) is 0.457. The topological polar surface area (TPSA) is 87.7 Å². The van der Waals surface area contributed by atoms with E-state index in [9.17, 15) is 9.90 Å². The number of carbonyl (C=O) groups is 1. The molecular formula is C15H11N3O2S2. The molecule has 0 unspecified atom stereocenters. The number of thiophene rings is 1. The number of benzene rings is 1. The number of aliphatic hydroxyl groups excluding tert-OH is 1. The summed E-state index contributed by atoms with van der Waals surface area (Å²) in [6, 6.07) is 10.5. The van der Waals surface area contributed by atoms with Crippen molar-refractivity contribution < 1.29 is 9.90 Å². The Balaban J connectivity index is 2.14. The molecule has 1 aliphatic carbocycles. The molecule has 1 heterocycles. The van der Waals surface area contributed by atoms with E-state index in [1.807, 2.05) is 11.4 Å². The summed E-state index contributed by atoms with van der Waals surface area (Å²) in [7, 11) is 0. The Kier molecular flexibility index (Phi) is 3.74. The van der Waals surface area contributed by atoms with Gasteiger partial charge in [0.25, 0.3) is 0 Å². The number of nitrogens with one attached hydrogen (secondary N) is 1. The van der Waals surface area contributed by atoms with Crippen molar-refractivity contribution in [2.75, 3.05) is 0 Å². The largest absolute Gasteiger partial charge is 0.506 e. The van der Waals surface area contributed by atoms with Crippen LogP contribution < -0.4 is 11.2 Å². The number of hydrazone groups is 1. The predicted molar refractivity (Wildman–Crippen MR) is 91.1 cm³/mol. The summed E-state index contributed by atoms with van der Waals surface area (Å²) in [4.78, 5) is 13.3. The molecule has 0 amide bonds. The number of nitrogens with two attached hydrogens (primary N) is 1. The lowest BCUT2D eigenvalue weighted by Crippen LogP contribution is -2.26. The Bertz CT molecular complexity index is 823. The molecule has 0 aliphatic heterocycles. The first kappa shape index (κ1) is 14.4. The van der Waals surface area contributed by atoms with Crippen molar-refractivity contribution in [1.82, 2.24) is 5.43 Å². The van der Waals surface area contributed by atoms with E-state index in [-0.39, 0.29) is 22.2 Å². The highest BCUT2D eigenvalue weighted by molar-refractivity contribution is 7.80. The van der Waals surface area contributed by atoms with Crippen LogP contribution in [0.25, 0.3) is 5.76 Å². The second-order valence-corrected chi connectivity index (χ2v) is 5.90. The second-order valence-electron chi connectivity index (χ2n) is 4.51. The number of thiocarbonyl (C=S) groups is 1. The van der Waals surface area contributed by atoms with Crippen LogP contribution in [0.3, 0.4) is 0 Å². The third kappa shape index (κ3) is 2.40. The van der Waals surface area contributed by atoms with Crippen molar-refractivity contribution in [3.05, 3.63) is 63.4 Å². The van der Waals surface area contributed by atoms with Crippen LogP contribution in [-0.2, 0) is 0 Å². The summed E-state index contributed by atoms with van der Waals surface area (Å²) in [6.45, 7) is 0. The van der Waals surface area contributed by atoms with Crippen LogP contribution in [0.15, 0.2) is 52.5 Å². The fourth-order valence-corrected chi connectivity index (χ4v) is 3.01. The van der Waals surface area contributed by atoms with E-state index in [0.29, 0.717) is 16.8 Å². The fraction of sp³-hybridized carbons (Fsp3) is 0. The molecule has 0 saturated carbocycles. The lowest BCUT2D eigenvalue weighted by molar-refractivity contribution is 0.104. The summed E-state index contributed by atoms with van der Waals surface area (Å²) >= 11 is 6.15. The molecule has 0 spiro atoms. The Morgan fingerprint density at radius 3 is 2.55 bits per heavy atom. The number of fused-ring (bicyclic) bond motifs is 1. The van der Waals surface area contributed by atoms with Gasteiger partial charge < -0.3 is 10.8 Å². The minimum absolute atomic E-state index is 0.0166. The maximum Gasteiger partial charge on any atom is 0.199 e. The highest BCUT2D eigenvalue weighted by Crippen LogP contribution is 2.33. The molecule has 22 heavy (non-hydrogen) atoms. The maximum absolute atomic E-state index is 12.6. The third-order valence-corrected chi connectivity index (χ3v) is 4.13. The number of rotatable bonds is 3. The molecule has 4 N–H and O–H groups in total. The second kappa shape index (κ2) is 5.70. The standard InChI is InChI=1S/C15H11N3O2S2/c16-15(21)18-17-12(10-6-3-7-22-10)11-13(19)8-4-1-2-5-9(8)14(11)20/h1-7,19H,(H3,16,18,21)/b17-12+. The monoisotopic (exact) mass is 329 g/mol. The average Bonchev–Trinajstić information content (AvgIpc) is 3.11. The van der Waals surface area contributed by atoms with E-state index in [1.54, 1.807) is 30.3 Å². The molecule has 0 saturated heterocycles. The van der Waals surface area contributed by atoms with Gasteiger partial charge in [0.05, 0.1) is 10.5 Å². The van der Waals surface area contributed by atoms with Gasteiger partial charge in [-0.2, -0.15) is 5.10 Å². The van der Waals surface area contributed by atoms with Crippen molar-refractivity contribution in [2.24, 2.45) is 10.8 Å². The molecule has 0 fully saturated rings. The zero-order valence-corrected chi connectivity index (χ0v) is 12.9. The molecule has 5 nitrogen and oxygen atoms in total. The zero-order valence-electron chi connectivity index (χ0n) is 11.2. The number of Topliss-reactive ketones (excluding diaryl/α,β-unsaturated/α-hetero) is 1. The first-order chi connectivity index (χ1) is 10.6. The Morgan fingerprint density at radius 1 is 1.23 bits per heavy atom. The Hall–Kier alpha value is -2.51. The summed E-state index contributed by atoms with van der Waals surface area (Å²) in [5, 5.41) is 16.4.